The summed E-state index contributed by atoms with van der Waals surface area (Å²) >= 11 is 3.09. The quantitative estimate of drug-likeness (QED) is 0.625. The summed E-state index contributed by atoms with van der Waals surface area (Å²) in [5.41, 5.74) is 1.91. The molecule has 1 amide bonds. The van der Waals surface area contributed by atoms with Gasteiger partial charge < -0.3 is 14.2 Å². The van der Waals surface area contributed by atoms with Crippen LogP contribution in [-0.2, 0) is 14.3 Å². The predicted molar refractivity (Wildman–Crippen MR) is 115 cm³/mol. The summed E-state index contributed by atoms with van der Waals surface area (Å²) in [6.45, 7) is 2.58. The molecule has 2 heterocycles. The lowest BCUT2D eigenvalue weighted by Crippen LogP contribution is -2.27. The van der Waals surface area contributed by atoms with E-state index in [1.165, 1.54) is 11.8 Å². The van der Waals surface area contributed by atoms with Gasteiger partial charge in [0, 0.05) is 13.2 Å². The summed E-state index contributed by atoms with van der Waals surface area (Å²) in [6, 6.07) is 5.86. The average Bonchev–Trinajstić information content (AvgIpc) is 3.14. The summed E-state index contributed by atoms with van der Waals surface area (Å²) in [7, 11) is 3.13. The Balaban J connectivity index is 1.51. The summed E-state index contributed by atoms with van der Waals surface area (Å²) in [5, 5.41) is 0. The van der Waals surface area contributed by atoms with Crippen molar-refractivity contribution in [1.82, 2.24) is 4.98 Å². The third kappa shape index (κ3) is 4.12. The predicted octanol–water partition coefficient (Wildman–Crippen LogP) is 3.65. The molecule has 29 heavy (non-hydrogen) atoms. The highest BCUT2D eigenvalue weighted by molar-refractivity contribution is 8.01. The van der Waals surface area contributed by atoms with Crippen LogP contribution < -0.4 is 4.74 Å². The van der Waals surface area contributed by atoms with Gasteiger partial charge in [-0.1, -0.05) is 11.8 Å². The number of ether oxygens (including phenoxy) is 3. The van der Waals surface area contributed by atoms with Crippen molar-refractivity contribution < 1.29 is 19.0 Å². The summed E-state index contributed by atoms with van der Waals surface area (Å²) in [6.07, 6.45) is 3.01. The van der Waals surface area contributed by atoms with Gasteiger partial charge in [0.2, 0.25) is 0 Å². The standard InChI is InChI=1S/C20H19N3O4S2/c1-4-27-11-5-6-13-17(7-11)29-20(22-13)28-10-18-21-14-9-16(26-3)15(25-2)8-12(14)19(24)23-18/h5-9,15H,4,10H2,1-3H3. The van der Waals surface area contributed by atoms with Gasteiger partial charge >= 0.3 is 0 Å². The van der Waals surface area contributed by atoms with Crippen LogP contribution in [0, 0.1) is 0 Å². The van der Waals surface area contributed by atoms with Gasteiger partial charge in [-0.2, -0.15) is 4.99 Å². The molecule has 1 unspecified atom stereocenters. The van der Waals surface area contributed by atoms with Crippen LogP contribution in [0.25, 0.3) is 10.2 Å². The molecule has 1 aliphatic carbocycles. The maximum atomic E-state index is 12.4. The van der Waals surface area contributed by atoms with E-state index in [0.717, 1.165) is 20.3 Å². The molecule has 0 spiro atoms. The van der Waals surface area contributed by atoms with E-state index in [2.05, 4.69) is 15.0 Å². The lowest BCUT2D eigenvalue weighted by molar-refractivity contribution is -0.114. The van der Waals surface area contributed by atoms with Crippen molar-refractivity contribution in [2.75, 3.05) is 26.6 Å². The Hall–Kier alpha value is -2.49. The summed E-state index contributed by atoms with van der Waals surface area (Å²) < 4.78 is 18.2. The smallest absolute Gasteiger partial charge is 0.280 e. The van der Waals surface area contributed by atoms with E-state index in [4.69, 9.17) is 14.2 Å². The first-order chi connectivity index (χ1) is 14.1. The zero-order chi connectivity index (χ0) is 20.4. The molecule has 0 radical (unpaired) electrons. The van der Waals surface area contributed by atoms with E-state index in [9.17, 15) is 4.79 Å². The number of thiazole rings is 1. The van der Waals surface area contributed by atoms with Crippen LogP contribution in [0.2, 0.25) is 0 Å². The monoisotopic (exact) mass is 429 g/mol. The number of aliphatic imine (C=N–C) groups is 2. The zero-order valence-electron chi connectivity index (χ0n) is 16.2. The Morgan fingerprint density at radius 1 is 1.24 bits per heavy atom. The SMILES string of the molecule is CCOc1ccc2nc(SCC3=NC(=O)C4=CC(OC)C(OC)=CC4=N3)sc2c1. The topological polar surface area (TPSA) is 82.4 Å². The Morgan fingerprint density at radius 2 is 2.10 bits per heavy atom. The van der Waals surface area contributed by atoms with Gasteiger partial charge in [-0.15, -0.1) is 11.3 Å². The number of benzene rings is 1. The minimum absolute atomic E-state index is 0.315. The number of amides is 1. The van der Waals surface area contributed by atoms with Crippen LogP contribution in [0.15, 0.2) is 56.0 Å². The number of fused-ring (bicyclic) bond motifs is 2. The van der Waals surface area contributed by atoms with Crippen LogP contribution in [0.5, 0.6) is 5.75 Å². The molecule has 1 aromatic heterocycles. The third-order valence-electron chi connectivity index (χ3n) is 4.33. The van der Waals surface area contributed by atoms with E-state index in [0.29, 0.717) is 35.2 Å². The van der Waals surface area contributed by atoms with Crippen LogP contribution in [0.3, 0.4) is 0 Å². The molecule has 1 aromatic carbocycles. The maximum Gasteiger partial charge on any atom is 0.280 e. The minimum Gasteiger partial charge on any atom is -0.498 e. The molecule has 1 aliphatic heterocycles. The van der Waals surface area contributed by atoms with E-state index in [-0.39, 0.29) is 5.91 Å². The van der Waals surface area contributed by atoms with Gasteiger partial charge in [0.15, 0.2) is 4.34 Å². The van der Waals surface area contributed by atoms with E-state index in [1.54, 1.807) is 37.7 Å². The minimum atomic E-state index is -0.409. The molecule has 150 valence electrons. The maximum absolute atomic E-state index is 12.4. The van der Waals surface area contributed by atoms with Gasteiger partial charge in [0.1, 0.15) is 23.4 Å². The van der Waals surface area contributed by atoms with Crippen molar-refractivity contribution in [1.29, 1.82) is 0 Å². The van der Waals surface area contributed by atoms with Crippen molar-refractivity contribution in [3.05, 3.63) is 41.7 Å². The van der Waals surface area contributed by atoms with Crippen LogP contribution in [0.4, 0.5) is 0 Å². The first-order valence-corrected chi connectivity index (χ1v) is 10.8. The second kappa shape index (κ2) is 8.48. The Kier molecular flexibility index (Phi) is 5.79. The number of aromatic nitrogens is 1. The number of rotatable bonds is 7. The molecule has 0 saturated heterocycles. The molecule has 0 saturated carbocycles. The molecule has 7 nitrogen and oxygen atoms in total. The van der Waals surface area contributed by atoms with Gasteiger partial charge in [0.25, 0.3) is 5.91 Å². The highest BCUT2D eigenvalue weighted by Crippen LogP contribution is 2.32. The lowest BCUT2D eigenvalue weighted by Gasteiger charge is -2.22. The molecule has 0 fully saturated rings. The second-order valence-corrected chi connectivity index (χ2v) is 8.40. The molecular weight excluding hydrogens is 410 g/mol. The van der Waals surface area contributed by atoms with Crippen molar-refractivity contribution >= 4 is 50.8 Å². The van der Waals surface area contributed by atoms with Gasteiger partial charge in [-0.25, -0.2) is 9.98 Å². The number of hydrogen-bond acceptors (Lipinski definition) is 8. The van der Waals surface area contributed by atoms with Crippen molar-refractivity contribution in [3.8, 4) is 5.75 Å². The first-order valence-electron chi connectivity index (χ1n) is 8.98. The molecule has 2 aliphatic rings. The summed E-state index contributed by atoms with van der Waals surface area (Å²) in [4.78, 5) is 25.7. The van der Waals surface area contributed by atoms with Gasteiger partial charge in [-0.05, 0) is 31.2 Å². The van der Waals surface area contributed by atoms with E-state index >= 15 is 0 Å². The lowest BCUT2D eigenvalue weighted by atomic mass is 9.99. The van der Waals surface area contributed by atoms with Gasteiger partial charge in [-0.3, -0.25) is 4.79 Å². The number of allylic oxidation sites excluding steroid dienone is 1. The van der Waals surface area contributed by atoms with E-state index in [1.807, 2.05) is 25.1 Å². The van der Waals surface area contributed by atoms with Gasteiger partial charge in [0.05, 0.1) is 41.0 Å². The number of carbonyl (C=O) groups is 1. The summed E-state index contributed by atoms with van der Waals surface area (Å²) in [5.74, 6) is 2.03. The molecule has 2 aromatic rings. The number of carbonyl (C=O) groups excluding carboxylic acids is 1. The molecule has 4 rings (SSSR count). The Bertz CT molecular complexity index is 1080. The van der Waals surface area contributed by atoms with Crippen molar-refractivity contribution in [3.63, 3.8) is 0 Å². The normalized spacial score (nSPS) is 18.6. The average molecular weight is 430 g/mol. The highest BCUT2D eigenvalue weighted by atomic mass is 32.2. The van der Waals surface area contributed by atoms with Crippen LogP contribution in [0.1, 0.15) is 6.92 Å². The molecule has 1 atom stereocenters. The number of nitrogens with zero attached hydrogens (tertiary/aromatic N) is 3. The van der Waals surface area contributed by atoms with Crippen molar-refractivity contribution in [2.24, 2.45) is 9.98 Å². The number of amidine groups is 1. The second-order valence-electron chi connectivity index (χ2n) is 6.15. The third-order valence-corrected chi connectivity index (χ3v) is 6.49. The van der Waals surface area contributed by atoms with Crippen molar-refractivity contribution in [2.45, 2.75) is 17.4 Å². The number of methoxy groups -OCH3 is 2. The fourth-order valence-electron chi connectivity index (χ4n) is 2.98. The molecule has 9 heteroatoms. The highest BCUT2D eigenvalue weighted by Gasteiger charge is 2.29. The van der Waals surface area contributed by atoms with Crippen LogP contribution in [-0.4, -0.2) is 55.1 Å². The molecular formula is C20H19N3O4S2. The van der Waals surface area contributed by atoms with Crippen LogP contribution >= 0.6 is 23.1 Å². The zero-order valence-corrected chi connectivity index (χ0v) is 17.8. The Morgan fingerprint density at radius 3 is 2.86 bits per heavy atom. The first kappa shape index (κ1) is 19.8. The molecule has 0 N–H and O–H groups in total. The van der Waals surface area contributed by atoms with E-state index < -0.39 is 6.10 Å². The number of hydrogen-bond donors (Lipinski definition) is 0. The largest absolute Gasteiger partial charge is 0.498 e. The fraction of sp³-hybridized carbons (Fsp3) is 0.300. The number of thioether (sulfide) groups is 1. The Labute approximate surface area is 176 Å². The fourth-order valence-corrected chi connectivity index (χ4v) is 4.93. The molecule has 0 bridgehead atoms.